The summed E-state index contributed by atoms with van der Waals surface area (Å²) in [5, 5.41) is 2.52. The number of rotatable bonds is 3. The predicted octanol–water partition coefficient (Wildman–Crippen LogP) is 3.56. The summed E-state index contributed by atoms with van der Waals surface area (Å²) in [7, 11) is 1.43. The maximum atomic E-state index is 11.3. The Morgan fingerprint density at radius 3 is 2.56 bits per heavy atom. The number of carbonyl (C=O) groups excluding carboxylic acids is 1. The van der Waals surface area contributed by atoms with Gasteiger partial charge in [0.15, 0.2) is 0 Å². The Labute approximate surface area is 108 Å². The van der Waals surface area contributed by atoms with E-state index in [0.717, 1.165) is 6.42 Å². The minimum absolute atomic E-state index is 0.154. The van der Waals surface area contributed by atoms with Gasteiger partial charge in [0, 0.05) is 6.42 Å². The summed E-state index contributed by atoms with van der Waals surface area (Å²) in [6, 6.07) is 10.6. The average molecular weight is 242 g/mol. The van der Waals surface area contributed by atoms with Gasteiger partial charge in [-0.05, 0) is 47.7 Å². The molecule has 2 aromatic rings. The first-order valence-corrected chi connectivity index (χ1v) is 6.18. The highest BCUT2D eigenvalue weighted by molar-refractivity contribution is 5.89. The van der Waals surface area contributed by atoms with Gasteiger partial charge in [0.1, 0.15) is 0 Å². The average Bonchev–Trinajstić information content (AvgIpc) is 2.37. The van der Waals surface area contributed by atoms with Crippen LogP contribution in [0.2, 0.25) is 0 Å². The molecule has 2 aromatic carbocycles. The van der Waals surface area contributed by atoms with E-state index in [1.807, 2.05) is 0 Å². The first-order valence-electron chi connectivity index (χ1n) is 6.18. The Morgan fingerprint density at radius 2 is 1.83 bits per heavy atom. The smallest absolute Gasteiger partial charge is 0.305 e. The van der Waals surface area contributed by atoms with Crippen LogP contribution < -0.4 is 0 Å². The summed E-state index contributed by atoms with van der Waals surface area (Å²) < 4.78 is 4.71. The van der Waals surface area contributed by atoms with Crippen LogP contribution >= 0.6 is 0 Å². The second-order valence-corrected chi connectivity index (χ2v) is 4.61. The van der Waals surface area contributed by atoms with Crippen LogP contribution in [0.5, 0.6) is 0 Å². The second-order valence-electron chi connectivity index (χ2n) is 4.61. The van der Waals surface area contributed by atoms with E-state index in [1.54, 1.807) is 0 Å². The van der Waals surface area contributed by atoms with Gasteiger partial charge in [0.05, 0.1) is 7.11 Å². The fourth-order valence-corrected chi connectivity index (χ4v) is 2.35. The van der Waals surface area contributed by atoms with Crippen molar-refractivity contribution in [1.82, 2.24) is 0 Å². The van der Waals surface area contributed by atoms with Gasteiger partial charge in [-0.2, -0.15) is 0 Å². The fraction of sp³-hybridized carbons (Fsp3) is 0.312. The molecule has 0 spiro atoms. The van der Waals surface area contributed by atoms with Crippen LogP contribution in [0.4, 0.5) is 0 Å². The maximum Gasteiger partial charge on any atom is 0.305 e. The van der Waals surface area contributed by atoms with Crippen molar-refractivity contribution in [3.05, 3.63) is 47.0 Å². The van der Waals surface area contributed by atoms with E-state index in [4.69, 9.17) is 4.74 Å². The Kier molecular flexibility index (Phi) is 3.66. The van der Waals surface area contributed by atoms with E-state index in [2.05, 4.69) is 44.2 Å². The Bertz CT molecular complexity index is 585. The van der Waals surface area contributed by atoms with Crippen LogP contribution in [0, 0.1) is 13.8 Å². The fourth-order valence-electron chi connectivity index (χ4n) is 2.35. The third-order valence-corrected chi connectivity index (χ3v) is 3.43. The number of methoxy groups -OCH3 is 1. The van der Waals surface area contributed by atoms with Crippen LogP contribution in [0.25, 0.3) is 10.8 Å². The van der Waals surface area contributed by atoms with Gasteiger partial charge in [-0.1, -0.05) is 30.3 Å². The molecule has 0 radical (unpaired) electrons. The molecule has 0 saturated carbocycles. The monoisotopic (exact) mass is 242 g/mol. The van der Waals surface area contributed by atoms with Gasteiger partial charge in [-0.3, -0.25) is 4.79 Å². The number of ether oxygens (including phenoxy) is 1. The highest BCUT2D eigenvalue weighted by atomic mass is 16.5. The molecule has 0 aromatic heterocycles. The van der Waals surface area contributed by atoms with Crippen molar-refractivity contribution in [2.24, 2.45) is 0 Å². The third-order valence-electron chi connectivity index (χ3n) is 3.43. The van der Waals surface area contributed by atoms with Crippen LogP contribution in [-0.4, -0.2) is 13.1 Å². The number of hydrogen-bond donors (Lipinski definition) is 0. The normalized spacial score (nSPS) is 10.6. The van der Waals surface area contributed by atoms with E-state index < -0.39 is 0 Å². The summed E-state index contributed by atoms with van der Waals surface area (Å²) >= 11 is 0. The molecule has 0 aliphatic heterocycles. The SMILES string of the molecule is COC(=O)CCc1c(C)ccc2c(C)cccc12. The maximum absolute atomic E-state index is 11.3. The van der Waals surface area contributed by atoms with Gasteiger partial charge < -0.3 is 4.74 Å². The summed E-state index contributed by atoms with van der Waals surface area (Å²) in [5.74, 6) is -0.154. The second kappa shape index (κ2) is 5.21. The number of carbonyl (C=O) groups is 1. The van der Waals surface area contributed by atoms with Crippen molar-refractivity contribution >= 4 is 16.7 Å². The van der Waals surface area contributed by atoms with Crippen molar-refractivity contribution in [3.63, 3.8) is 0 Å². The van der Waals surface area contributed by atoms with Gasteiger partial charge in [0.25, 0.3) is 0 Å². The highest BCUT2D eigenvalue weighted by Crippen LogP contribution is 2.25. The molecule has 2 rings (SSSR count). The van der Waals surface area contributed by atoms with Crippen molar-refractivity contribution in [2.45, 2.75) is 26.7 Å². The van der Waals surface area contributed by atoms with Crippen molar-refractivity contribution in [1.29, 1.82) is 0 Å². The van der Waals surface area contributed by atoms with E-state index in [0.29, 0.717) is 6.42 Å². The number of esters is 1. The molecule has 0 atom stereocenters. The lowest BCUT2D eigenvalue weighted by molar-refractivity contribution is -0.140. The molecule has 18 heavy (non-hydrogen) atoms. The molecular formula is C16H18O2. The van der Waals surface area contributed by atoms with Crippen molar-refractivity contribution in [2.75, 3.05) is 7.11 Å². The molecule has 0 heterocycles. The molecule has 0 N–H and O–H groups in total. The molecule has 0 unspecified atom stereocenters. The molecule has 0 aliphatic rings. The van der Waals surface area contributed by atoms with E-state index in [9.17, 15) is 4.79 Å². The van der Waals surface area contributed by atoms with Crippen LogP contribution in [0.3, 0.4) is 0 Å². The number of aryl methyl sites for hydroxylation is 3. The summed E-state index contributed by atoms with van der Waals surface area (Å²) in [6.07, 6.45) is 1.17. The standard InChI is InChI=1S/C16H18O2/c1-11-5-4-6-15-13(11)8-7-12(2)14(15)9-10-16(17)18-3/h4-8H,9-10H2,1-3H3. The Hall–Kier alpha value is -1.83. The van der Waals surface area contributed by atoms with E-state index in [-0.39, 0.29) is 5.97 Å². The molecule has 2 nitrogen and oxygen atoms in total. The van der Waals surface area contributed by atoms with Crippen LogP contribution in [-0.2, 0) is 16.0 Å². The molecule has 94 valence electrons. The minimum atomic E-state index is -0.154. The molecule has 0 bridgehead atoms. The highest BCUT2D eigenvalue weighted by Gasteiger charge is 2.08. The van der Waals surface area contributed by atoms with Crippen molar-refractivity contribution < 1.29 is 9.53 Å². The lowest BCUT2D eigenvalue weighted by atomic mass is 9.94. The lowest BCUT2D eigenvalue weighted by Crippen LogP contribution is -2.03. The molecule has 0 saturated heterocycles. The molecule has 2 heteroatoms. The number of hydrogen-bond acceptors (Lipinski definition) is 2. The molecular weight excluding hydrogens is 224 g/mol. The zero-order chi connectivity index (χ0) is 13.1. The van der Waals surface area contributed by atoms with Gasteiger partial charge >= 0.3 is 5.97 Å². The first kappa shape index (κ1) is 12.6. The third kappa shape index (κ3) is 2.37. The van der Waals surface area contributed by atoms with Gasteiger partial charge in [-0.15, -0.1) is 0 Å². The minimum Gasteiger partial charge on any atom is -0.469 e. The quantitative estimate of drug-likeness (QED) is 0.769. The van der Waals surface area contributed by atoms with Crippen LogP contribution in [0.1, 0.15) is 23.1 Å². The number of benzene rings is 2. The molecule has 0 aliphatic carbocycles. The summed E-state index contributed by atoms with van der Waals surface area (Å²) in [4.78, 5) is 11.3. The van der Waals surface area contributed by atoms with Gasteiger partial charge in [0.2, 0.25) is 0 Å². The summed E-state index contributed by atoms with van der Waals surface area (Å²) in [5.41, 5.74) is 3.76. The Morgan fingerprint density at radius 1 is 1.06 bits per heavy atom. The van der Waals surface area contributed by atoms with Crippen molar-refractivity contribution in [3.8, 4) is 0 Å². The zero-order valence-corrected chi connectivity index (χ0v) is 11.1. The first-order chi connectivity index (χ1) is 8.63. The molecule has 0 fully saturated rings. The number of fused-ring (bicyclic) bond motifs is 1. The van der Waals surface area contributed by atoms with Crippen LogP contribution in [0.15, 0.2) is 30.3 Å². The topological polar surface area (TPSA) is 26.3 Å². The van der Waals surface area contributed by atoms with E-state index >= 15 is 0 Å². The Balaban J connectivity index is 2.45. The molecule has 0 amide bonds. The van der Waals surface area contributed by atoms with E-state index in [1.165, 1.54) is 34.6 Å². The predicted molar refractivity (Wildman–Crippen MR) is 73.8 cm³/mol. The largest absolute Gasteiger partial charge is 0.469 e. The lowest BCUT2D eigenvalue weighted by Gasteiger charge is -2.11. The van der Waals surface area contributed by atoms with Gasteiger partial charge in [-0.25, -0.2) is 0 Å². The summed E-state index contributed by atoms with van der Waals surface area (Å²) in [6.45, 7) is 4.20. The zero-order valence-electron chi connectivity index (χ0n) is 11.1.